The summed E-state index contributed by atoms with van der Waals surface area (Å²) in [5, 5.41) is 17.7. The summed E-state index contributed by atoms with van der Waals surface area (Å²) in [5.41, 5.74) is 0.867. The van der Waals surface area contributed by atoms with Gasteiger partial charge in [0, 0.05) is 24.8 Å². The number of rotatable bonds is 9. The second-order valence-electron chi connectivity index (χ2n) is 10.5. The van der Waals surface area contributed by atoms with E-state index in [0.29, 0.717) is 23.9 Å². The molecule has 1 saturated carbocycles. The first-order valence-corrected chi connectivity index (χ1v) is 13.3. The molecule has 1 saturated heterocycles. The highest BCUT2D eigenvalue weighted by atomic mass is 19.1. The molecule has 196 valence electrons. The van der Waals surface area contributed by atoms with Crippen LogP contribution in [0.1, 0.15) is 50.5 Å². The van der Waals surface area contributed by atoms with Gasteiger partial charge in [0.1, 0.15) is 11.6 Å². The number of nitrogens with zero attached hydrogens (tertiary/aromatic N) is 1. The third-order valence-electron chi connectivity index (χ3n) is 7.89. The molecular weight excluding hydrogens is 457 g/mol. The van der Waals surface area contributed by atoms with E-state index in [4.69, 9.17) is 4.74 Å². The Balaban J connectivity index is 1.32. The van der Waals surface area contributed by atoms with Gasteiger partial charge in [-0.2, -0.15) is 0 Å². The molecule has 0 radical (unpaired) electrons. The van der Waals surface area contributed by atoms with Crippen molar-refractivity contribution in [3.05, 3.63) is 59.9 Å². The summed E-state index contributed by atoms with van der Waals surface area (Å²) >= 11 is 0. The lowest BCUT2D eigenvalue weighted by molar-refractivity contribution is -0.0591. The molecule has 4 rings (SSSR count). The van der Waals surface area contributed by atoms with Crippen LogP contribution in [0.4, 0.5) is 14.9 Å². The zero-order valence-corrected chi connectivity index (χ0v) is 21.3. The first kappa shape index (κ1) is 26.4. The van der Waals surface area contributed by atoms with Crippen molar-refractivity contribution in [3.8, 4) is 5.75 Å². The van der Waals surface area contributed by atoms with Crippen LogP contribution in [0, 0.1) is 17.7 Å². The van der Waals surface area contributed by atoms with Crippen LogP contribution >= 0.6 is 0 Å². The topological polar surface area (TPSA) is 73.8 Å². The van der Waals surface area contributed by atoms with E-state index in [1.807, 2.05) is 30.3 Å². The van der Waals surface area contributed by atoms with Crippen LogP contribution in [0.25, 0.3) is 0 Å². The minimum Gasteiger partial charge on any atom is -0.497 e. The SMILES string of the molecule is COc1cccc(NC(=O)NCC(O)(CN2CCC(Cc3ccc(F)cc3)CC2)C2CCCCC2)c1. The lowest BCUT2D eigenvalue weighted by Gasteiger charge is -2.43. The summed E-state index contributed by atoms with van der Waals surface area (Å²) in [5.74, 6) is 1.23. The summed E-state index contributed by atoms with van der Waals surface area (Å²) in [6.45, 7) is 2.65. The molecule has 2 aliphatic rings. The molecule has 36 heavy (non-hydrogen) atoms. The number of anilines is 1. The Morgan fingerprint density at radius 3 is 2.50 bits per heavy atom. The van der Waals surface area contributed by atoms with E-state index in [2.05, 4.69) is 15.5 Å². The van der Waals surface area contributed by atoms with Crippen LogP contribution < -0.4 is 15.4 Å². The van der Waals surface area contributed by atoms with Gasteiger partial charge in [0.15, 0.2) is 0 Å². The first-order valence-electron chi connectivity index (χ1n) is 13.3. The van der Waals surface area contributed by atoms with Gasteiger partial charge in [0.25, 0.3) is 0 Å². The third-order valence-corrected chi connectivity index (χ3v) is 7.89. The fourth-order valence-electron chi connectivity index (χ4n) is 5.77. The number of piperidine rings is 1. The molecule has 1 atom stereocenters. The number of likely N-dealkylation sites (tertiary alicyclic amines) is 1. The van der Waals surface area contributed by atoms with E-state index in [0.717, 1.165) is 58.0 Å². The summed E-state index contributed by atoms with van der Waals surface area (Å²) in [6.07, 6.45) is 8.54. The van der Waals surface area contributed by atoms with E-state index in [1.165, 1.54) is 24.1 Å². The molecule has 0 bridgehead atoms. The monoisotopic (exact) mass is 497 g/mol. The number of carbonyl (C=O) groups is 1. The molecular formula is C29H40FN3O3. The molecule has 1 aliphatic heterocycles. The molecule has 1 aliphatic carbocycles. The number of aliphatic hydroxyl groups is 1. The summed E-state index contributed by atoms with van der Waals surface area (Å²) in [4.78, 5) is 15.0. The molecule has 2 fully saturated rings. The number of carbonyl (C=O) groups excluding carboxylic acids is 1. The number of nitrogens with one attached hydrogen (secondary N) is 2. The molecule has 2 aromatic rings. The number of halogens is 1. The van der Waals surface area contributed by atoms with Gasteiger partial charge in [0.05, 0.1) is 12.7 Å². The Kier molecular flexibility index (Phi) is 9.21. The zero-order valence-electron chi connectivity index (χ0n) is 21.3. The molecule has 1 unspecified atom stereocenters. The molecule has 6 nitrogen and oxygen atoms in total. The van der Waals surface area contributed by atoms with Crippen LogP contribution in [0.15, 0.2) is 48.5 Å². The Labute approximate surface area is 214 Å². The molecule has 0 aromatic heterocycles. The standard InChI is InChI=1S/C29H40FN3O3/c1-36-27-9-5-8-26(19-27)32-28(34)31-20-29(35,24-6-3-2-4-7-24)21-33-16-14-23(15-17-33)18-22-10-12-25(30)13-11-22/h5,8-13,19,23-24,35H,2-4,6-7,14-18,20-21H2,1H3,(H2,31,32,34). The Hall–Kier alpha value is -2.64. The number of ether oxygens (including phenoxy) is 1. The Morgan fingerprint density at radius 1 is 1.08 bits per heavy atom. The second-order valence-corrected chi connectivity index (χ2v) is 10.5. The highest BCUT2D eigenvalue weighted by Crippen LogP contribution is 2.34. The summed E-state index contributed by atoms with van der Waals surface area (Å²) < 4.78 is 18.4. The van der Waals surface area contributed by atoms with Crippen LogP contribution in [0.2, 0.25) is 0 Å². The lowest BCUT2D eigenvalue weighted by Crippen LogP contribution is -2.57. The van der Waals surface area contributed by atoms with Crippen LogP contribution in [0.5, 0.6) is 5.75 Å². The summed E-state index contributed by atoms with van der Waals surface area (Å²) in [7, 11) is 1.59. The average molecular weight is 498 g/mol. The Bertz CT molecular complexity index is 972. The number of methoxy groups -OCH3 is 1. The van der Waals surface area contributed by atoms with Crippen molar-refractivity contribution in [2.45, 2.75) is 57.0 Å². The average Bonchev–Trinajstić information content (AvgIpc) is 2.90. The van der Waals surface area contributed by atoms with Gasteiger partial charge < -0.3 is 25.4 Å². The van der Waals surface area contributed by atoms with Crippen LogP contribution in [-0.2, 0) is 6.42 Å². The van der Waals surface area contributed by atoms with Crippen molar-refractivity contribution in [1.82, 2.24) is 10.2 Å². The largest absolute Gasteiger partial charge is 0.497 e. The fourth-order valence-corrected chi connectivity index (χ4v) is 5.77. The number of hydrogen-bond donors (Lipinski definition) is 3. The second kappa shape index (κ2) is 12.5. The number of urea groups is 1. The molecule has 1 heterocycles. The first-order chi connectivity index (χ1) is 17.4. The van der Waals surface area contributed by atoms with Crippen molar-refractivity contribution in [3.63, 3.8) is 0 Å². The quantitative estimate of drug-likeness (QED) is 0.444. The summed E-state index contributed by atoms with van der Waals surface area (Å²) in [6, 6.07) is 13.7. The molecule has 7 heteroatoms. The third kappa shape index (κ3) is 7.43. The van der Waals surface area contributed by atoms with Gasteiger partial charge in [-0.1, -0.05) is 37.5 Å². The van der Waals surface area contributed by atoms with E-state index in [9.17, 15) is 14.3 Å². The van der Waals surface area contributed by atoms with E-state index < -0.39 is 5.60 Å². The van der Waals surface area contributed by atoms with Gasteiger partial charge in [-0.25, -0.2) is 9.18 Å². The van der Waals surface area contributed by atoms with Gasteiger partial charge in [0.2, 0.25) is 0 Å². The van der Waals surface area contributed by atoms with Gasteiger partial charge >= 0.3 is 6.03 Å². The van der Waals surface area contributed by atoms with Gasteiger partial charge in [-0.3, -0.25) is 0 Å². The van der Waals surface area contributed by atoms with Crippen molar-refractivity contribution in [2.24, 2.45) is 11.8 Å². The van der Waals surface area contributed by atoms with Crippen molar-refractivity contribution < 1.29 is 19.0 Å². The number of hydrogen-bond acceptors (Lipinski definition) is 4. The van der Waals surface area contributed by atoms with Crippen molar-refractivity contribution in [1.29, 1.82) is 0 Å². The number of amides is 2. The lowest BCUT2D eigenvalue weighted by atomic mass is 9.76. The maximum atomic E-state index is 13.2. The predicted molar refractivity (Wildman–Crippen MR) is 141 cm³/mol. The Morgan fingerprint density at radius 2 is 1.81 bits per heavy atom. The smallest absolute Gasteiger partial charge is 0.319 e. The molecule has 2 aromatic carbocycles. The van der Waals surface area contributed by atoms with Gasteiger partial charge in [-0.05, 0) is 86.9 Å². The highest BCUT2D eigenvalue weighted by Gasteiger charge is 2.39. The molecule has 0 spiro atoms. The van der Waals surface area contributed by atoms with Crippen LogP contribution in [0.3, 0.4) is 0 Å². The normalized spacial score (nSPS) is 19.4. The minimum absolute atomic E-state index is 0.181. The maximum Gasteiger partial charge on any atom is 0.319 e. The van der Waals surface area contributed by atoms with E-state index in [1.54, 1.807) is 13.2 Å². The minimum atomic E-state index is -0.962. The molecule has 2 amide bonds. The van der Waals surface area contributed by atoms with E-state index in [-0.39, 0.29) is 24.3 Å². The van der Waals surface area contributed by atoms with Crippen molar-refractivity contribution in [2.75, 3.05) is 38.6 Å². The highest BCUT2D eigenvalue weighted by molar-refractivity contribution is 5.89. The fraction of sp³-hybridized carbons (Fsp3) is 0.552. The molecule has 3 N–H and O–H groups in total. The predicted octanol–water partition coefficient (Wildman–Crippen LogP) is 5.22. The zero-order chi connectivity index (χ0) is 25.4. The number of β-amino-alcohol motifs (C(OH)–C–C–N with tert-alkyl or cyclic N) is 1. The maximum absolute atomic E-state index is 13.2. The van der Waals surface area contributed by atoms with Crippen LogP contribution in [-0.4, -0.2) is 54.9 Å². The number of benzene rings is 2. The van der Waals surface area contributed by atoms with E-state index >= 15 is 0 Å². The van der Waals surface area contributed by atoms with Crippen molar-refractivity contribution >= 4 is 11.7 Å². The van der Waals surface area contributed by atoms with Gasteiger partial charge in [-0.15, -0.1) is 0 Å².